The zero-order valence-corrected chi connectivity index (χ0v) is 10.6. The largest absolute Gasteiger partial charge is 0.350 e. The Morgan fingerprint density at radius 1 is 1.45 bits per heavy atom. The molecule has 0 saturated carbocycles. The molecular weight excluding hydrogens is 262 g/mol. The van der Waals surface area contributed by atoms with Gasteiger partial charge in [-0.3, -0.25) is 20.0 Å². The van der Waals surface area contributed by atoms with Crippen molar-refractivity contribution in [1.82, 2.24) is 15.2 Å². The number of nitrogens with one attached hydrogen (secondary N) is 2. The first kappa shape index (κ1) is 12.4. The number of H-pyrrole nitrogens is 2. The van der Waals surface area contributed by atoms with E-state index >= 15 is 0 Å². The Balaban J connectivity index is 1.84. The van der Waals surface area contributed by atoms with Gasteiger partial charge in [0.25, 0.3) is 5.56 Å². The smallest absolute Gasteiger partial charge is 0.311 e. The maximum atomic E-state index is 11.1. The lowest BCUT2D eigenvalue weighted by molar-refractivity contribution is -0.384. The molecule has 3 heterocycles. The fourth-order valence-electron chi connectivity index (χ4n) is 2.55. The van der Waals surface area contributed by atoms with Crippen molar-refractivity contribution in [3.05, 3.63) is 50.6 Å². The van der Waals surface area contributed by atoms with Crippen molar-refractivity contribution in [3.63, 3.8) is 0 Å². The Morgan fingerprint density at radius 3 is 3.00 bits per heavy atom. The molecule has 1 aliphatic rings. The number of rotatable bonds is 3. The molecule has 2 aromatic rings. The van der Waals surface area contributed by atoms with E-state index in [1.165, 1.54) is 12.1 Å². The quantitative estimate of drug-likeness (QED) is 0.641. The average Bonchev–Trinajstić information content (AvgIpc) is 3.07. The molecule has 1 atom stereocenters. The average molecular weight is 275 g/mol. The SMILES string of the molecule is O=c1cc(C2CCN(c3ncccc3[N+](=O)[O-])C2)[nH][nH]1. The highest BCUT2D eigenvalue weighted by Crippen LogP contribution is 2.32. The third kappa shape index (κ3) is 2.15. The van der Waals surface area contributed by atoms with Crippen LogP contribution in [-0.4, -0.2) is 33.2 Å². The summed E-state index contributed by atoms with van der Waals surface area (Å²) in [4.78, 5) is 27.7. The number of aromatic amines is 2. The Bertz CT molecular complexity index is 692. The van der Waals surface area contributed by atoms with E-state index in [4.69, 9.17) is 0 Å². The lowest BCUT2D eigenvalue weighted by Gasteiger charge is -2.16. The molecule has 0 aliphatic carbocycles. The molecule has 3 rings (SSSR count). The highest BCUT2D eigenvalue weighted by atomic mass is 16.6. The third-order valence-corrected chi connectivity index (χ3v) is 3.51. The molecule has 2 N–H and O–H groups in total. The Kier molecular flexibility index (Phi) is 2.97. The lowest BCUT2D eigenvalue weighted by Crippen LogP contribution is -2.21. The molecule has 1 saturated heterocycles. The van der Waals surface area contributed by atoms with E-state index in [2.05, 4.69) is 15.2 Å². The van der Waals surface area contributed by atoms with E-state index in [-0.39, 0.29) is 17.2 Å². The number of anilines is 1. The van der Waals surface area contributed by atoms with E-state index in [1.54, 1.807) is 12.3 Å². The zero-order chi connectivity index (χ0) is 14.1. The number of pyridine rings is 1. The second-order valence-electron chi connectivity index (χ2n) is 4.75. The number of hydrogen-bond donors (Lipinski definition) is 2. The second-order valence-corrected chi connectivity index (χ2v) is 4.75. The summed E-state index contributed by atoms with van der Waals surface area (Å²) in [6.07, 6.45) is 2.37. The summed E-state index contributed by atoms with van der Waals surface area (Å²) in [5.74, 6) is 0.536. The molecule has 20 heavy (non-hydrogen) atoms. The molecule has 1 aliphatic heterocycles. The minimum absolute atomic E-state index is 0.00992. The van der Waals surface area contributed by atoms with Gasteiger partial charge in [-0.05, 0) is 12.5 Å². The van der Waals surface area contributed by atoms with Crippen LogP contribution in [0.4, 0.5) is 11.5 Å². The molecule has 1 fully saturated rings. The number of nitrogens with zero attached hydrogens (tertiary/aromatic N) is 3. The van der Waals surface area contributed by atoms with Crippen LogP contribution >= 0.6 is 0 Å². The van der Waals surface area contributed by atoms with Gasteiger partial charge in [0.2, 0.25) is 5.82 Å². The van der Waals surface area contributed by atoms with Gasteiger partial charge in [-0.2, -0.15) is 0 Å². The van der Waals surface area contributed by atoms with Gasteiger partial charge in [0.1, 0.15) is 0 Å². The standard InChI is InChI=1S/C12H13N5O3/c18-11-6-9(14-15-11)8-3-5-16(7-8)12-10(17(19)20)2-1-4-13-12/h1-2,4,6,8H,3,5,7H2,(H2,14,15,18). The van der Waals surface area contributed by atoms with E-state index in [1.807, 2.05) is 4.90 Å². The van der Waals surface area contributed by atoms with Crippen molar-refractivity contribution in [2.75, 3.05) is 18.0 Å². The fourth-order valence-corrected chi connectivity index (χ4v) is 2.55. The van der Waals surface area contributed by atoms with Gasteiger partial charge in [0.05, 0.1) is 4.92 Å². The minimum Gasteiger partial charge on any atom is -0.350 e. The number of hydrogen-bond acceptors (Lipinski definition) is 5. The molecular formula is C12H13N5O3. The van der Waals surface area contributed by atoms with E-state index < -0.39 is 4.92 Å². The van der Waals surface area contributed by atoms with Crippen LogP contribution in [0.2, 0.25) is 0 Å². The zero-order valence-electron chi connectivity index (χ0n) is 10.6. The summed E-state index contributed by atoms with van der Waals surface area (Å²) in [6.45, 7) is 1.28. The molecule has 8 nitrogen and oxygen atoms in total. The van der Waals surface area contributed by atoms with Gasteiger partial charge < -0.3 is 10.00 Å². The van der Waals surface area contributed by atoms with Crippen LogP contribution < -0.4 is 10.5 Å². The topological polar surface area (TPSA) is 108 Å². The van der Waals surface area contributed by atoms with Crippen LogP contribution in [0.25, 0.3) is 0 Å². The number of aromatic nitrogens is 3. The van der Waals surface area contributed by atoms with Crippen LogP contribution in [0.3, 0.4) is 0 Å². The van der Waals surface area contributed by atoms with Gasteiger partial charge in [-0.15, -0.1) is 0 Å². The first-order valence-corrected chi connectivity index (χ1v) is 6.27. The van der Waals surface area contributed by atoms with E-state index in [0.29, 0.717) is 18.9 Å². The third-order valence-electron chi connectivity index (χ3n) is 3.51. The van der Waals surface area contributed by atoms with Gasteiger partial charge in [0, 0.05) is 43.0 Å². The summed E-state index contributed by atoms with van der Waals surface area (Å²) >= 11 is 0. The van der Waals surface area contributed by atoms with Crippen molar-refractivity contribution in [3.8, 4) is 0 Å². The molecule has 104 valence electrons. The van der Waals surface area contributed by atoms with Crippen molar-refractivity contribution in [1.29, 1.82) is 0 Å². The molecule has 2 aromatic heterocycles. The first-order valence-electron chi connectivity index (χ1n) is 6.27. The van der Waals surface area contributed by atoms with E-state index in [0.717, 1.165) is 12.1 Å². The lowest BCUT2D eigenvalue weighted by atomic mass is 10.1. The highest BCUT2D eigenvalue weighted by molar-refractivity contribution is 5.58. The fraction of sp³-hybridized carbons (Fsp3) is 0.333. The summed E-state index contributed by atoms with van der Waals surface area (Å²) in [7, 11) is 0. The first-order chi connectivity index (χ1) is 9.65. The summed E-state index contributed by atoms with van der Waals surface area (Å²) in [5, 5.41) is 16.4. The maximum Gasteiger partial charge on any atom is 0.311 e. The normalized spacial score (nSPS) is 18.4. The predicted molar refractivity (Wildman–Crippen MR) is 71.9 cm³/mol. The van der Waals surface area contributed by atoms with Gasteiger partial charge in [-0.25, -0.2) is 4.98 Å². The van der Waals surface area contributed by atoms with Crippen LogP contribution in [0.5, 0.6) is 0 Å². The Hall–Kier alpha value is -2.64. The molecule has 0 bridgehead atoms. The molecule has 0 amide bonds. The molecule has 0 radical (unpaired) electrons. The minimum atomic E-state index is -0.423. The van der Waals surface area contributed by atoms with Crippen LogP contribution in [0, 0.1) is 10.1 Å². The summed E-state index contributed by atoms with van der Waals surface area (Å²) in [5.41, 5.74) is 0.675. The second kappa shape index (κ2) is 4.80. The molecule has 8 heteroatoms. The number of nitro groups is 1. The van der Waals surface area contributed by atoms with Gasteiger partial charge in [0.15, 0.2) is 0 Å². The van der Waals surface area contributed by atoms with Crippen molar-refractivity contribution in [2.45, 2.75) is 12.3 Å². The van der Waals surface area contributed by atoms with Crippen LogP contribution in [0.15, 0.2) is 29.2 Å². The molecule has 0 aromatic carbocycles. The Morgan fingerprint density at radius 2 is 2.30 bits per heavy atom. The summed E-state index contributed by atoms with van der Waals surface area (Å²) in [6, 6.07) is 4.54. The van der Waals surface area contributed by atoms with Crippen LogP contribution in [-0.2, 0) is 0 Å². The Labute approximate surface area is 113 Å². The molecule has 0 spiro atoms. The van der Waals surface area contributed by atoms with Crippen molar-refractivity contribution >= 4 is 11.5 Å². The van der Waals surface area contributed by atoms with Crippen molar-refractivity contribution in [2.24, 2.45) is 0 Å². The van der Waals surface area contributed by atoms with Gasteiger partial charge >= 0.3 is 5.69 Å². The maximum absolute atomic E-state index is 11.1. The van der Waals surface area contributed by atoms with E-state index in [9.17, 15) is 14.9 Å². The molecule has 1 unspecified atom stereocenters. The van der Waals surface area contributed by atoms with Crippen molar-refractivity contribution < 1.29 is 4.92 Å². The monoisotopic (exact) mass is 275 g/mol. The van der Waals surface area contributed by atoms with Gasteiger partial charge in [-0.1, -0.05) is 0 Å². The highest BCUT2D eigenvalue weighted by Gasteiger charge is 2.30. The van der Waals surface area contributed by atoms with Crippen LogP contribution in [0.1, 0.15) is 18.0 Å². The predicted octanol–water partition coefficient (Wildman–Crippen LogP) is 1.00. The summed E-state index contributed by atoms with van der Waals surface area (Å²) < 4.78 is 0.